The molecular weight excluding hydrogens is 250 g/mol. The van der Waals surface area contributed by atoms with E-state index in [2.05, 4.69) is 40.8 Å². The highest BCUT2D eigenvalue weighted by atomic mass is 32.1. The Morgan fingerprint density at radius 3 is 2.42 bits per heavy atom. The Hall–Kier alpha value is -1.68. The second-order valence-corrected chi connectivity index (χ2v) is 5.00. The molecule has 2 heteroatoms. The van der Waals surface area contributed by atoms with Crippen LogP contribution in [0, 0.1) is 17.8 Å². The smallest absolute Gasteiger partial charge is 0.0603 e. The number of hydrogen-bond donors (Lipinski definition) is 0. The first-order valence-electron chi connectivity index (χ1n) is 6.63. The van der Waals surface area contributed by atoms with Gasteiger partial charge >= 0.3 is 0 Å². The van der Waals surface area contributed by atoms with Gasteiger partial charge in [0.25, 0.3) is 0 Å². The highest BCUT2D eigenvalue weighted by Crippen LogP contribution is 2.25. The zero-order chi connectivity index (χ0) is 13.5. The van der Waals surface area contributed by atoms with E-state index in [1.807, 2.05) is 30.3 Å². The number of aliphatic imine (C=N–C) groups is 1. The summed E-state index contributed by atoms with van der Waals surface area (Å²) in [5.74, 6) is 7.13. The van der Waals surface area contributed by atoms with Crippen molar-refractivity contribution in [1.29, 1.82) is 0 Å². The third-order valence-corrected chi connectivity index (χ3v) is 3.60. The minimum Gasteiger partial charge on any atom is -0.229 e. The standard InChI is InChI=1S/C17H17NS/c1-2-14-3-5-15(6-4-14)7-8-16-9-11-17(12-10-16)18-13-19/h2-6,16-17H,1,9-12H2. The average molecular weight is 267 g/mol. The third kappa shape index (κ3) is 4.17. The molecule has 0 bridgehead atoms. The van der Waals surface area contributed by atoms with Gasteiger partial charge in [-0.25, -0.2) is 4.99 Å². The van der Waals surface area contributed by atoms with E-state index in [1.165, 1.54) is 0 Å². The van der Waals surface area contributed by atoms with Crippen LogP contribution in [0.3, 0.4) is 0 Å². The van der Waals surface area contributed by atoms with E-state index in [0.717, 1.165) is 36.8 Å². The fourth-order valence-electron chi connectivity index (χ4n) is 2.31. The van der Waals surface area contributed by atoms with E-state index < -0.39 is 0 Å². The maximum Gasteiger partial charge on any atom is 0.0603 e. The van der Waals surface area contributed by atoms with Crippen molar-refractivity contribution in [2.75, 3.05) is 0 Å². The summed E-state index contributed by atoms with van der Waals surface area (Å²) in [6, 6.07) is 8.56. The molecule has 0 amide bonds. The van der Waals surface area contributed by atoms with E-state index in [9.17, 15) is 0 Å². The molecule has 1 saturated carbocycles. The number of thiocarbonyl (C=S) groups is 1. The number of hydrogen-bond acceptors (Lipinski definition) is 2. The molecule has 1 nitrogen and oxygen atoms in total. The predicted octanol–water partition coefficient (Wildman–Crippen LogP) is 4.34. The van der Waals surface area contributed by atoms with Gasteiger partial charge in [-0.3, -0.25) is 0 Å². The van der Waals surface area contributed by atoms with Crippen molar-refractivity contribution >= 4 is 23.5 Å². The lowest BCUT2D eigenvalue weighted by molar-refractivity contribution is 0.387. The number of nitrogens with zero attached hydrogens (tertiary/aromatic N) is 1. The van der Waals surface area contributed by atoms with Crippen molar-refractivity contribution in [1.82, 2.24) is 0 Å². The van der Waals surface area contributed by atoms with Gasteiger partial charge in [0.2, 0.25) is 0 Å². The van der Waals surface area contributed by atoms with Gasteiger partial charge in [0.05, 0.1) is 11.2 Å². The normalized spacial score (nSPS) is 21.7. The largest absolute Gasteiger partial charge is 0.229 e. The predicted molar refractivity (Wildman–Crippen MR) is 84.2 cm³/mol. The van der Waals surface area contributed by atoms with Crippen molar-refractivity contribution in [3.05, 3.63) is 42.0 Å². The second kappa shape index (κ2) is 7.04. The average Bonchev–Trinajstić information content (AvgIpc) is 2.47. The Morgan fingerprint density at radius 1 is 1.16 bits per heavy atom. The fourth-order valence-corrected chi connectivity index (χ4v) is 2.46. The van der Waals surface area contributed by atoms with Crippen molar-refractivity contribution in [3.8, 4) is 11.8 Å². The Bertz CT molecular complexity index is 533. The summed E-state index contributed by atoms with van der Waals surface area (Å²) in [4.78, 5) is 4.16. The highest BCUT2D eigenvalue weighted by Gasteiger charge is 2.18. The van der Waals surface area contributed by atoms with Gasteiger partial charge in [-0.05, 0) is 55.6 Å². The molecule has 96 valence electrons. The Balaban J connectivity index is 1.93. The van der Waals surface area contributed by atoms with Crippen LogP contribution in [0.1, 0.15) is 36.8 Å². The first kappa shape index (κ1) is 13.7. The minimum atomic E-state index is 0.377. The zero-order valence-electron chi connectivity index (χ0n) is 10.9. The lowest BCUT2D eigenvalue weighted by Gasteiger charge is -2.21. The van der Waals surface area contributed by atoms with Gasteiger partial charge in [-0.2, -0.15) is 0 Å². The molecule has 1 fully saturated rings. The van der Waals surface area contributed by atoms with E-state index in [1.54, 1.807) is 0 Å². The molecule has 0 aromatic heterocycles. The van der Waals surface area contributed by atoms with Crippen LogP contribution >= 0.6 is 12.2 Å². The van der Waals surface area contributed by atoms with Crippen LogP contribution in [0.25, 0.3) is 6.08 Å². The molecule has 0 saturated heterocycles. The van der Waals surface area contributed by atoms with Crippen molar-refractivity contribution in [2.45, 2.75) is 31.7 Å². The summed E-state index contributed by atoms with van der Waals surface area (Å²) in [5.41, 5.74) is 2.20. The summed E-state index contributed by atoms with van der Waals surface area (Å²) in [6.45, 7) is 3.74. The number of isothiocyanates is 1. The SMILES string of the molecule is C=Cc1ccc(C#CC2CCC(N=C=S)CC2)cc1. The van der Waals surface area contributed by atoms with Crippen LogP contribution < -0.4 is 0 Å². The van der Waals surface area contributed by atoms with Crippen LogP contribution in [-0.4, -0.2) is 11.2 Å². The molecule has 2 rings (SSSR count). The highest BCUT2D eigenvalue weighted by molar-refractivity contribution is 7.78. The zero-order valence-corrected chi connectivity index (χ0v) is 11.7. The quantitative estimate of drug-likeness (QED) is 0.441. The van der Waals surface area contributed by atoms with E-state index >= 15 is 0 Å². The summed E-state index contributed by atoms with van der Waals surface area (Å²) < 4.78 is 0. The Morgan fingerprint density at radius 2 is 1.84 bits per heavy atom. The molecule has 1 aromatic rings. The monoisotopic (exact) mass is 267 g/mol. The topological polar surface area (TPSA) is 12.4 Å². The van der Waals surface area contributed by atoms with Crippen LogP contribution in [0.2, 0.25) is 0 Å². The van der Waals surface area contributed by atoms with E-state index in [0.29, 0.717) is 12.0 Å². The molecule has 1 aromatic carbocycles. The van der Waals surface area contributed by atoms with Crippen molar-refractivity contribution < 1.29 is 0 Å². The third-order valence-electron chi connectivity index (χ3n) is 3.50. The molecule has 1 aliphatic rings. The molecule has 0 N–H and O–H groups in total. The lowest BCUT2D eigenvalue weighted by atomic mass is 9.86. The summed E-state index contributed by atoms with van der Waals surface area (Å²) in [5, 5.41) is 2.49. The maximum absolute atomic E-state index is 4.65. The van der Waals surface area contributed by atoms with E-state index in [4.69, 9.17) is 0 Å². The molecule has 0 heterocycles. The van der Waals surface area contributed by atoms with Gasteiger partial charge in [0, 0.05) is 11.5 Å². The molecule has 0 radical (unpaired) electrons. The molecule has 19 heavy (non-hydrogen) atoms. The Kier molecular flexibility index (Phi) is 5.10. The molecule has 0 spiro atoms. The minimum absolute atomic E-state index is 0.377. The summed E-state index contributed by atoms with van der Waals surface area (Å²) >= 11 is 4.65. The first-order valence-corrected chi connectivity index (χ1v) is 7.03. The molecule has 0 atom stereocenters. The lowest BCUT2D eigenvalue weighted by Crippen LogP contribution is -2.15. The van der Waals surface area contributed by atoms with Gasteiger partial charge in [0.15, 0.2) is 0 Å². The van der Waals surface area contributed by atoms with Crippen LogP contribution in [-0.2, 0) is 0 Å². The van der Waals surface area contributed by atoms with Gasteiger partial charge in [-0.15, -0.1) is 0 Å². The van der Waals surface area contributed by atoms with Crippen LogP contribution in [0.5, 0.6) is 0 Å². The van der Waals surface area contributed by atoms with Gasteiger partial charge < -0.3 is 0 Å². The second-order valence-electron chi connectivity index (χ2n) is 4.82. The molecular formula is C17H17NS. The Labute approximate surface area is 120 Å². The van der Waals surface area contributed by atoms with Crippen molar-refractivity contribution in [3.63, 3.8) is 0 Å². The van der Waals surface area contributed by atoms with Crippen LogP contribution in [0.4, 0.5) is 0 Å². The fraction of sp³-hybridized carbons (Fsp3) is 0.353. The maximum atomic E-state index is 4.65. The molecule has 1 aliphatic carbocycles. The summed E-state index contributed by atoms with van der Waals surface area (Å²) in [6.07, 6.45) is 6.23. The molecule has 0 aliphatic heterocycles. The van der Waals surface area contributed by atoms with Crippen LogP contribution in [0.15, 0.2) is 35.8 Å². The molecule has 0 unspecified atom stereocenters. The van der Waals surface area contributed by atoms with Gasteiger partial charge in [-0.1, -0.05) is 36.6 Å². The van der Waals surface area contributed by atoms with Crippen molar-refractivity contribution in [2.24, 2.45) is 10.9 Å². The number of benzene rings is 1. The number of rotatable bonds is 2. The first-order chi connectivity index (χ1) is 9.31. The van der Waals surface area contributed by atoms with Gasteiger partial charge in [0.1, 0.15) is 0 Å². The van der Waals surface area contributed by atoms with E-state index in [-0.39, 0.29) is 0 Å². The summed E-state index contributed by atoms with van der Waals surface area (Å²) in [7, 11) is 0.